The number of hydrogen-bond donors (Lipinski definition) is 0. The molecule has 1 heterocycles. The van der Waals surface area contributed by atoms with Crippen LogP contribution in [0.3, 0.4) is 0 Å². The molecule has 1 atom stereocenters. The van der Waals surface area contributed by atoms with Gasteiger partial charge in [0, 0.05) is 21.1 Å². The van der Waals surface area contributed by atoms with E-state index in [-0.39, 0.29) is 5.91 Å². The Morgan fingerprint density at radius 2 is 2.00 bits per heavy atom. The summed E-state index contributed by atoms with van der Waals surface area (Å²) in [6, 6.07) is 5.92. The third-order valence-corrected chi connectivity index (χ3v) is 5.83. The average Bonchev–Trinajstić information content (AvgIpc) is 2.66. The summed E-state index contributed by atoms with van der Waals surface area (Å²) in [7, 11) is 0. The Morgan fingerprint density at radius 3 is 2.67 bits per heavy atom. The van der Waals surface area contributed by atoms with E-state index in [2.05, 4.69) is 59.3 Å². The van der Waals surface area contributed by atoms with Crippen LogP contribution in [0.4, 0.5) is 0 Å². The first-order valence-electron chi connectivity index (χ1n) is 7.53. The SMILES string of the molecule is CC(C)(C)C1CCCN(C(=O)c2cc(Br)ccc2I)CC1. The van der Waals surface area contributed by atoms with Gasteiger partial charge in [0.25, 0.3) is 5.91 Å². The van der Waals surface area contributed by atoms with Crippen molar-refractivity contribution in [2.75, 3.05) is 13.1 Å². The Labute approximate surface area is 149 Å². The van der Waals surface area contributed by atoms with Crippen molar-refractivity contribution in [1.29, 1.82) is 0 Å². The van der Waals surface area contributed by atoms with Crippen molar-refractivity contribution >= 4 is 44.4 Å². The van der Waals surface area contributed by atoms with E-state index in [1.54, 1.807) is 0 Å². The van der Waals surface area contributed by atoms with Crippen LogP contribution in [0.25, 0.3) is 0 Å². The van der Waals surface area contributed by atoms with Crippen molar-refractivity contribution in [3.63, 3.8) is 0 Å². The normalized spacial score (nSPS) is 20.2. The summed E-state index contributed by atoms with van der Waals surface area (Å²) in [4.78, 5) is 14.8. The maximum absolute atomic E-state index is 12.8. The number of hydrogen-bond acceptors (Lipinski definition) is 1. The first-order valence-corrected chi connectivity index (χ1v) is 9.40. The van der Waals surface area contributed by atoms with Crippen LogP contribution in [0.5, 0.6) is 0 Å². The fourth-order valence-electron chi connectivity index (χ4n) is 3.00. The maximum atomic E-state index is 12.8. The highest BCUT2D eigenvalue weighted by Crippen LogP contribution is 2.34. The lowest BCUT2D eigenvalue weighted by atomic mass is 9.77. The molecule has 0 aliphatic carbocycles. The molecule has 0 radical (unpaired) electrons. The van der Waals surface area contributed by atoms with E-state index in [4.69, 9.17) is 0 Å². The van der Waals surface area contributed by atoms with Gasteiger partial charge in [-0.2, -0.15) is 0 Å². The second-order valence-electron chi connectivity index (χ2n) is 6.91. The number of amides is 1. The van der Waals surface area contributed by atoms with Gasteiger partial charge in [-0.25, -0.2) is 0 Å². The summed E-state index contributed by atoms with van der Waals surface area (Å²) in [6.45, 7) is 8.70. The molecule has 1 aromatic rings. The molecule has 116 valence electrons. The van der Waals surface area contributed by atoms with Crippen LogP contribution in [-0.4, -0.2) is 23.9 Å². The highest BCUT2D eigenvalue weighted by atomic mass is 127. The van der Waals surface area contributed by atoms with Gasteiger partial charge in [0.05, 0.1) is 5.56 Å². The topological polar surface area (TPSA) is 20.3 Å². The highest BCUT2D eigenvalue weighted by Gasteiger charge is 2.29. The zero-order valence-electron chi connectivity index (χ0n) is 13.0. The summed E-state index contributed by atoms with van der Waals surface area (Å²) in [5.41, 5.74) is 1.16. The van der Waals surface area contributed by atoms with Gasteiger partial charge < -0.3 is 4.90 Å². The number of nitrogens with zero attached hydrogens (tertiary/aromatic N) is 1. The van der Waals surface area contributed by atoms with Crippen LogP contribution < -0.4 is 0 Å². The minimum absolute atomic E-state index is 0.176. The van der Waals surface area contributed by atoms with Gasteiger partial charge in [-0.1, -0.05) is 36.7 Å². The molecule has 1 amide bonds. The number of likely N-dealkylation sites (tertiary alicyclic amines) is 1. The Morgan fingerprint density at radius 1 is 1.29 bits per heavy atom. The Bertz CT molecular complexity index is 524. The van der Waals surface area contributed by atoms with E-state index < -0.39 is 0 Å². The molecule has 1 fully saturated rings. The Kier molecular flexibility index (Phi) is 5.74. The van der Waals surface area contributed by atoms with Crippen molar-refractivity contribution in [3.05, 3.63) is 31.8 Å². The molecule has 2 nitrogen and oxygen atoms in total. The molecule has 0 saturated carbocycles. The van der Waals surface area contributed by atoms with E-state index in [1.807, 2.05) is 23.1 Å². The maximum Gasteiger partial charge on any atom is 0.254 e. The highest BCUT2D eigenvalue weighted by molar-refractivity contribution is 14.1. The molecular weight excluding hydrogens is 441 g/mol. The van der Waals surface area contributed by atoms with Crippen LogP contribution in [-0.2, 0) is 0 Å². The van der Waals surface area contributed by atoms with E-state index in [0.717, 1.165) is 39.5 Å². The van der Waals surface area contributed by atoms with Gasteiger partial charge >= 0.3 is 0 Å². The van der Waals surface area contributed by atoms with E-state index in [0.29, 0.717) is 11.3 Å². The molecule has 1 saturated heterocycles. The lowest BCUT2D eigenvalue weighted by Gasteiger charge is -2.29. The predicted molar refractivity (Wildman–Crippen MR) is 99.6 cm³/mol. The Hall–Kier alpha value is -0.100. The van der Waals surface area contributed by atoms with Crippen molar-refractivity contribution in [1.82, 2.24) is 4.90 Å². The van der Waals surface area contributed by atoms with E-state index in [9.17, 15) is 4.79 Å². The lowest BCUT2D eigenvalue weighted by Crippen LogP contribution is -2.33. The molecular formula is C17H23BrINO. The molecule has 1 unspecified atom stereocenters. The molecule has 1 aliphatic heterocycles. The monoisotopic (exact) mass is 463 g/mol. The molecule has 2 rings (SSSR count). The van der Waals surface area contributed by atoms with Gasteiger partial charge in [-0.15, -0.1) is 0 Å². The molecule has 1 aliphatic rings. The summed E-state index contributed by atoms with van der Waals surface area (Å²) < 4.78 is 1.99. The first-order chi connectivity index (χ1) is 9.79. The standard InChI is InChI=1S/C17H23BrINO/c1-17(2,3)12-5-4-9-20(10-8-12)16(21)14-11-13(18)6-7-15(14)19/h6-7,11-12H,4-5,8-10H2,1-3H3. The second kappa shape index (κ2) is 6.99. The van der Waals surface area contributed by atoms with Gasteiger partial charge in [-0.3, -0.25) is 4.79 Å². The van der Waals surface area contributed by atoms with Gasteiger partial charge in [0.2, 0.25) is 0 Å². The summed E-state index contributed by atoms with van der Waals surface area (Å²) in [6.07, 6.45) is 3.45. The van der Waals surface area contributed by atoms with Gasteiger partial charge in [0.1, 0.15) is 0 Å². The summed E-state index contributed by atoms with van der Waals surface area (Å²) in [5, 5.41) is 0. The van der Waals surface area contributed by atoms with Crippen LogP contribution in [0, 0.1) is 14.9 Å². The van der Waals surface area contributed by atoms with Crippen LogP contribution in [0.1, 0.15) is 50.4 Å². The second-order valence-corrected chi connectivity index (χ2v) is 8.99. The summed E-state index contributed by atoms with van der Waals surface area (Å²) in [5.74, 6) is 0.882. The number of halogens is 2. The molecule has 0 spiro atoms. The molecule has 21 heavy (non-hydrogen) atoms. The Balaban J connectivity index is 2.12. The quantitative estimate of drug-likeness (QED) is 0.514. The molecule has 4 heteroatoms. The minimum Gasteiger partial charge on any atom is -0.339 e. The summed E-state index contributed by atoms with van der Waals surface area (Å²) >= 11 is 5.71. The molecule has 0 N–H and O–H groups in total. The van der Waals surface area contributed by atoms with Crippen LogP contribution in [0.2, 0.25) is 0 Å². The van der Waals surface area contributed by atoms with Crippen molar-refractivity contribution in [2.45, 2.75) is 40.0 Å². The van der Waals surface area contributed by atoms with Crippen LogP contribution >= 0.6 is 38.5 Å². The number of carbonyl (C=O) groups excluding carboxylic acids is 1. The molecule has 0 aromatic heterocycles. The first kappa shape index (κ1) is 17.3. The zero-order valence-corrected chi connectivity index (χ0v) is 16.7. The fraction of sp³-hybridized carbons (Fsp3) is 0.588. The minimum atomic E-state index is 0.176. The average molecular weight is 464 g/mol. The van der Waals surface area contributed by atoms with E-state index in [1.165, 1.54) is 6.42 Å². The smallest absolute Gasteiger partial charge is 0.254 e. The van der Waals surface area contributed by atoms with Crippen molar-refractivity contribution < 1.29 is 4.79 Å². The van der Waals surface area contributed by atoms with Gasteiger partial charge in [0.15, 0.2) is 0 Å². The largest absolute Gasteiger partial charge is 0.339 e. The van der Waals surface area contributed by atoms with Crippen molar-refractivity contribution in [2.24, 2.45) is 11.3 Å². The molecule has 0 bridgehead atoms. The molecule has 1 aromatic carbocycles. The third-order valence-electron chi connectivity index (χ3n) is 4.40. The number of carbonyl (C=O) groups is 1. The fourth-order valence-corrected chi connectivity index (χ4v) is 3.92. The number of rotatable bonds is 1. The third kappa shape index (κ3) is 4.44. The van der Waals surface area contributed by atoms with E-state index >= 15 is 0 Å². The van der Waals surface area contributed by atoms with Crippen molar-refractivity contribution in [3.8, 4) is 0 Å². The number of benzene rings is 1. The predicted octanol–water partition coefficient (Wildman–Crippen LogP) is 5.34. The lowest BCUT2D eigenvalue weighted by molar-refractivity contribution is 0.0754. The van der Waals surface area contributed by atoms with Gasteiger partial charge in [-0.05, 0) is 71.4 Å². The zero-order chi connectivity index (χ0) is 15.6. The van der Waals surface area contributed by atoms with Crippen LogP contribution in [0.15, 0.2) is 22.7 Å².